The van der Waals surface area contributed by atoms with Crippen LogP contribution in [0.2, 0.25) is 0 Å². The molecule has 0 rings (SSSR count). The highest BCUT2D eigenvalue weighted by atomic mass is 31.2. The lowest BCUT2D eigenvalue weighted by Gasteiger charge is -2.18. The minimum Gasteiger partial charge on any atom is -0.343 e. The summed E-state index contributed by atoms with van der Waals surface area (Å²) in [5, 5.41) is 0. The van der Waals surface area contributed by atoms with Crippen LogP contribution in [0.5, 0.6) is 0 Å². The Bertz CT molecular complexity index is 425. The van der Waals surface area contributed by atoms with Crippen molar-refractivity contribution in [2.45, 2.75) is 111 Å². The molecule has 7 heteroatoms. The van der Waals surface area contributed by atoms with Gasteiger partial charge in [0.15, 0.2) is 0 Å². The van der Waals surface area contributed by atoms with E-state index in [1.807, 2.05) is 4.90 Å². The molecule has 0 aliphatic carbocycles. The lowest BCUT2D eigenvalue weighted by molar-refractivity contribution is -0.130. The van der Waals surface area contributed by atoms with Gasteiger partial charge in [0.05, 0.1) is 0 Å². The van der Waals surface area contributed by atoms with E-state index in [1.54, 1.807) is 0 Å². The number of hydrogen-bond donors (Lipinski definition) is 3. The molecule has 0 radical (unpaired) electrons. The van der Waals surface area contributed by atoms with Gasteiger partial charge in [-0.25, -0.2) is 4.57 Å². The highest BCUT2D eigenvalue weighted by molar-refractivity contribution is 7.45. The van der Waals surface area contributed by atoms with Crippen molar-refractivity contribution in [1.82, 2.24) is 4.90 Å². The summed E-state index contributed by atoms with van der Waals surface area (Å²) in [6, 6.07) is 0. The van der Waals surface area contributed by atoms with Crippen LogP contribution in [0.4, 0.5) is 0 Å². The topological polar surface area (TPSA) is 98.1 Å². The smallest absolute Gasteiger partial charge is 0.343 e. The van der Waals surface area contributed by atoms with Crippen molar-refractivity contribution < 1.29 is 24.0 Å². The van der Waals surface area contributed by atoms with Gasteiger partial charge in [0, 0.05) is 19.5 Å². The minimum atomic E-state index is -4.64. The summed E-state index contributed by atoms with van der Waals surface area (Å²) in [7, 11) is -4.64. The molecule has 0 aromatic heterocycles. The summed E-state index contributed by atoms with van der Waals surface area (Å²) < 4.78 is 8.88. The summed E-state index contributed by atoms with van der Waals surface area (Å²) in [6.07, 6.45) is 22.5. The third-order valence-corrected chi connectivity index (χ3v) is 4.77. The summed E-state index contributed by atoms with van der Waals surface area (Å²) in [6.45, 7) is 8.08. The van der Waals surface area contributed by atoms with Gasteiger partial charge in [-0.05, 0) is 46.0 Å². The van der Waals surface area contributed by atoms with E-state index in [1.165, 1.54) is 77.0 Å². The molecule has 0 fully saturated rings. The Morgan fingerprint density at radius 2 is 1.10 bits per heavy atom. The SMILES string of the molecule is CCCCCCCC/C=C\CCCCCCCC(=O)N(CC)CC.O=P(O)(O)O. The first kappa shape index (κ1) is 30.5. The van der Waals surface area contributed by atoms with Crippen molar-refractivity contribution in [2.75, 3.05) is 13.1 Å². The van der Waals surface area contributed by atoms with Gasteiger partial charge < -0.3 is 19.6 Å². The molecule has 0 aromatic rings. The fraction of sp³-hybridized carbons (Fsp3) is 0.864. The predicted octanol–water partition coefficient (Wildman–Crippen LogP) is 5.96. The molecule has 0 unspecified atom stereocenters. The highest BCUT2D eigenvalue weighted by Gasteiger charge is 2.07. The fourth-order valence-corrected chi connectivity index (χ4v) is 3.08. The molecule has 1 amide bonds. The first-order chi connectivity index (χ1) is 13.8. The number of phosphoric acid groups is 1. The van der Waals surface area contributed by atoms with Crippen molar-refractivity contribution >= 4 is 13.7 Å². The number of rotatable bonds is 17. The molecule has 6 nitrogen and oxygen atoms in total. The van der Waals surface area contributed by atoms with Crippen LogP contribution in [-0.2, 0) is 9.36 Å². The molecule has 29 heavy (non-hydrogen) atoms. The van der Waals surface area contributed by atoms with Crippen molar-refractivity contribution in [3.05, 3.63) is 12.2 Å². The minimum absolute atomic E-state index is 0.331. The Labute approximate surface area is 179 Å². The van der Waals surface area contributed by atoms with Crippen LogP contribution in [0.15, 0.2) is 12.2 Å². The molecule has 0 heterocycles. The Morgan fingerprint density at radius 3 is 1.52 bits per heavy atom. The van der Waals surface area contributed by atoms with E-state index in [0.717, 1.165) is 25.9 Å². The Morgan fingerprint density at radius 1 is 0.724 bits per heavy atom. The van der Waals surface area contributed by atoms with Gasteiger partial charge in [0.25, 0.3) is 0 Å². The van der Waals surface area contributed by atoms with E-state index in [2.05, 4.69) is 32.9 Å². The molecule has 3 N–H and O–H groups in total. The summed E-state index contributed by atoms with van der Waals surface area (Å²) in [5.74, 6) is 0.331. The Kier molecular flexibility index (Phi) is 23.2. The normalized spacial score (nSPS) is 11.4. The Balaban J connectivity index is 0. The molecular formula is C22H46NO5P. The van der Waals surface area contributed by atoms with Crippen LogP contribution in [0.3, 0.4) is 0 Å². The lowest BCUT2D eigenvalue weighted by atomic mass is 10.1. The maximum absolute atomic E-state index is 11.9. The highest BCUT2D eigenvalue weighted by Crippen LogP contribution is 2.25. The van der Waals surface area contributed by atoms with Crippen LogP contribution in [-0.4, -0.2) is 38.6 Å². The first-order valence-electron chi connectivity index (χ1n) is 11.5. The Hall–Kier alpha value is -0.680. The molecule has 0 saturated heterocycles. The van der Waals surface area contributed by atoms with Gasteiger partial charge in [-0.2, -0.15) is 0 Å². The zero-order valence-electron chi connectivity index (χ0n) is 19.0. The van der Waals surface area contributed by atoms with E-state index < -0.39 is 7.82 Å². The van der Waals surface area contributed by atoms with E-state index >= 15 is 0 Å². The maximum atomic E-state index is 11.9. The van der Waals surface area contributed by atoms with Gasteiger partial charge in [-0.1, -0.05) is 70.4 Å². The molecule has 0 aliphatic heterocycles. The van der Waals surface area contributed by atoms with Crippen molar-refractivity contribution in [2.24, 2.45) is 0 Å². The molecule has 0 spiro atoms. The molecule has 0 bridgehead atoms. The average molecular weight is 436 g/mol. The van der Waals surface area contributed by atoms with Crippen LogP contribution in [0.1, 0.15) is 111 Å². The fourth-order valence-electron chi connectivity index (χ4n) is 3.08. The molecule has 174 valence electrons. The van der Waals surface area contributed by atoms with Crippen LogP contribution < -0.4 is 0 Å². The summed E-state index contributed by atoms with van der Waals surface area (Å²) in [4.78, 5) is 35.4. The van der Waals surface area contributed by atoms with Crippen molar-refractivity contribution in [3.8, 4) is 0 Å². The van der Waals surface area contributed by atoms with E-state index in [4.69, 9.17) is 19.2 Å². The predicted molar refractivity (Wildman–Crippen MR) is 122 cm³/mol. The van der Waals surface area contributed by atoms with Crippen molar-refractivity contribution in [3.63, 3.8) is 0 Å². The zero-order valence-corrected chi connectivity index (χ0v) is 19.9. The number of amides is 1. The molecule has 0 aromatic carbocycles. The number of allylic oxidation sites excluding steroid dienone is 2. The average Bonchev–Trinajstić information content (AvgIpc) is 2.64. The number of carbonyl (C=O) groups is 1. The van der Waals surface area contributed by atoms with E-state index in [9.17, 15) is 4.79 Å². The zero-order chi connectivity index (χ0) is 22.4. The molecule has 0 atom stereocenters. The summed E-state index contributed by atoms with van der Waals surface area (Å²) >= 11 is 0. The van der Waals surface area contributed by atoms with Crippen molar-refractivity contribution in [1.29, 1.82) is 0 Å². The van der Waals surface area contributed by atoms with Gasteiger partial charge in [0.1, 0.15) is 0 Å². The lowest BCUT2D eigenvalue weighted by Crippen LogP contribution is -2.30. The second-order valence-corrected chi connectivity index (χ2v) is 8.44. The van der Waals surface area contributed by atoms with Crippen LogP contribution >= 0.6 is 7.82 Å². The third kappa shape index (κ3) is 29.6. The van der Waals surface area contributed by atoms with E-state index in [0.29, 0.717) is 5.91 Å². The van der Waals surface area contributed by atoms with Crippen LogP contribution in [0, 0.1) is 0 Å². The first-order valence-corrected chi connectivity index (χ1v) is 13.0. The van der Waals surface area contributed by atoms with Gasteiger partial charge >= 0.3 is 7.82 Å². The quantitative estimate of drug-likeness (QED) is 0.149. The number of carbonyl (C=O) groups excluding carboxylic acids is 1. The number of hydrogen-bond acceptors (Lipinski definition) is 2. The second-order valence-electron chi connectivity index (χ2n) is 7.41. The maximum Gasteiger partial charge on any atom is 0.466 e. The molecule has 0 saturated carbocycles. The number of nitrogens with zero attached hydrogens (tertiary/aromatic N) is 1. The van der Waals surface area contributed by atoms with Crippen LogP contribution in [0.25, 0.3) is 0 Å². The van der Waals surface area contributed by atoms with Gasteiger partial charge in [-0.15, -0.1) is 0 Å². The second kappa shape index (κ2) is 22.0. The van der Waals surface area contributed by atoms with Gasteiger partial charge in [-0.3, -0.25) is 4.79 Å². The van der Waals surface area contributed by atoms with Gasteiger partial charge in [0.2, 0.25) is 5.91 Å². The third-order valence-electron chi connectivity index (χ3n) is 4.77. The summed E-state index contributed by atoms with van der Waals surface area (Å²) in [5.41, 5.74) is 0. The monoisotopic (exact) mass is 435 g/mol. The molecular weight excluding hydrogens is 389 g/mol. The largest absolute Gasteiger partial charge is 0.466 e. The standard InChI is InChI=1S/C22H43NO.H3O4P/c1-4-7-8-9-10-11-12-13-14-15-16-17-18-19-20-21-22(24)23(5-2)6-3;1-5(2,3)4/h13-14H,4-12,15-21H2,1-3H3;(H3,1,2,3,4)/b14-13-;. The van der Waals surface area contributed by atoms with E-state index in [-0.39, 0.29) is 0 Å². The molecule has 0 aliphatic rings. The number of unbranched alkanes of at least 4 members (excludes halogenated alkanes) is 11.